The fraction of sp³-hybridized carbons (Fsp3) is 0.562. The molecule has 1 aromatic carbocycles. The van der Waals surface area contributed by atoms with Crippen LogP contribution in [0.2, 0.25) is 0 Å². The van der Waals surface area contributed by atoms with Gasteiger partial charge in [0, 0.05) is 57.2 Å². The van der Waals surface area contributed by atoms with Gasteiger partial charge >= 0.3 is 0 Å². The van der Waals surface area contributed by atoms with Gasteiger partial charge in [-0.25, -0.2) is 0 Å². The van der Waals surface area contributed by atoms with Crippen molar-refractivity contribution in [2.24, 2.45) is 0 Å². The number of piperazine rings is 1. The number of para-hydroxylation sites is 1. The number of likely N-dealkylation sites (tertiary alicyclic amines) is 1. The first-order chi connectivity index (χ1) is 10.4. The van der Waals surface area contributed by atoms with Crippen LogP contribution in [0.25, 0.3) is 10.9 Å². The molecule has 2 aromatic rings. The van der Waals surface area contributed by atoms with Crippen molar-refractivity contribution in [2.75, 3.05) is 39.3 Å². The Morgan fingerprint density at radius 3 is 2.91 bits per heavy atom. The topological polar surface area (TPSA) is 47.2 Å². The normalized spacial score (nSPS) is 23.7. The second kappa shape index (κ2) is 6.96. The van der Waals surface area contributed by atoms with Gasteiger partial charge in [-0.15, -0.1) is 12.4 Å². The fourth-order valence-corrected chi connectivity index (χ4v) is 3.70. The first-order valence-electron chi connectivity index (χ1n) is 7.98. The lowest BCUT2D eigenvalue weighted by Crippen LogP contribution is -2.49. The summed E-state index contributed by atoms with van der Waals surface area (Å²) in [4.78, 5) is 5.25. The van der Waals surface area contributed by atoms with E-state index < -0.39 is 0 Å². The number of halogens is 1. The molecule has 2 aliphatic heterocycles. The minimum absolute atomic E-state index is 0. The van der Waals surface area contributed by atoms with Crippen LogP contribution in [0.3, 0.4) is 0 Å². The van der Waals surface area contributed by atoms with Crippen LogP contribution >= 0.6 is 12.4 Å². The van der Waals surface area contributed by atoms with Gasteiger partial charge in [-0.3, -0.25) is 14.9 Å². The van der Waals surface area contributed by atoms with E-state index in [1.54, 1.807) is 0 Å². The number of benzene rings is 1. The minimum Gasteiger partial charge on any atom is -0.314 e. The average Bonchev–Trinajstić information content (AvgIpc) is 3.17. The van der Waals surface area contributed by atoms with E-state index in [4.69, 9.17) is 0 Å². The Morgan fingerprint density at radius 2 is 2.05 bits per heavy atom. The van der Waals surface area contributed by atoms with Crippen LogP contribution in [0, 0.1) is 0 Å². The van der Waals surface area contributed by atoms with E-state index in [-0.39, 0.29) is 12.4 Å². The van der Waals surface area contributed by atoms with Crippen LogP contribution in [-0.4, -0.2) is 65.3 Å². The summed E-state index contributed by atoms with van der Waals surface area (Å²) in [5.74, 6) is 0. The molecule has 0 bridgehead atoms. The highest BCUT2D eigenvalue weighted by Crippen LogP contribution is 2.22. The third-order valence-electron chi connectivity index (χ3n) is 4.87. The molecule has 0 amide bonds. The monoisotopic (exact) mass is 321 g/mol. The molecule has 6 heteroatoms. The highest BCUT2D eigenvalue weighted by atomic mass is 35.5. The summed E-state index contributed by atoms with van der Waals surface area (Å²) in [7, 11) is 0. The van der Waals surface area contributed by atoms with Crippen LogP contribution in [0.4, 0.5) is 0 Å². The Kier molecular flexibility index (Phi) is 4.98. The molecule has 2 N–H and O–H groups in total. The molecular formula is C16H24ClN5. The van der Waals surface area contributed by atoms with Gasteiger partial charge in [0.1, 0.15) is 0 Å². The average molecular weight is 322 g/mol. The summed E-state index contributed by atoms with van der Waals surface area (Å²) in [6.07, 6.45) is 3.21. The SMILES string of the molecule is Cl.c1cc(CN2CCC(N3CCNCC3)C2)c2[nH]ncc2c1. The molecule has 2 fully saturated rings. The molecule has 1 atom stereocenters. The molecular weight excluding hydrogens is 298 g/mol. The molecule has 0 spiro atoms. The van der Waals surface area contributed by atoms with Crippen molar-refractivity contribution in [1.29, 1.82) is 0 Å². The van der Waals surface area contributed by atoms with Gasteiger partial charge in [-0.2, -0.15) is 5.10 Å². The third kappa shape index (κ3) is 3.13. The Bertz CT molecular complexity index is 607. The quantitative estimate of drug-likeness (QED) is 0.898. The number of nitrogens with one attached hydrogen (secondary N) is 2. The molecule has 2 aliphatic rings. The number of nitrogens with zero attached hydrogens (tertiary/aromatic N) is 3. The minimum atomic E-state index is 0. The number of H-pyrrole nitrogens is 1. The zero-order valence-electron chi connectivity index (χ0n) is 12.8. The molecule has 1 aromatic heterocycles. The predicted octanol–water partition coefficient (Wildman–Crippen LogP) is 1.46. The molecule has 5 nitrogen and oxygen atoms in total. The molecule has 22 heavy (non-hydrogen) atoms. The molecule has 120 valence electrons. The molecule has 4 rings (SSSR count). The van der Waals surface area contributed by atoms with Crippen molar-refractivity contribution in [3.05, 3.63) is 30.0 Å². The summed E-state index contributed by atoms with van der Waals surface area (Å²) in [5.41, 5.74) is 2.56. The van der Waals surface area contributed by atoms with Crippen LogP contribution in [0.5, 0.6) is 0 Å². The number of aromatic amines is 1. The van der Waals surface area contributed by atoms with Gasteiger partial charge in [-0.05, 0) is 12.0 Å². The van der Waals surface area contributed by atoms with Gasteiger partial charge in [0.2, 0.25) is 0 Å². The Morgan fingerprint density at radius 1 is 1.18 bits per heavy atom. The van der Waals surface area contributed by atoms with Crippen molar-refractivity contribution in [3.8, 4) is 0 Å². The van der Waals surface area contributed by atoms with E-state index in [0.717, 1.165) is 25.7 Å². The van der Waals surface area contributed by atoms with Gasteiger partial charge in [-0.1, -0.05) is 18.2 Å². The molecule has 1 unspecified atom stereocenters. The zero-order chi connectivity index (χ0) is 14.1. The molecule has 0 aliphatic carbocycles. The lowest BCUT2D eigenvalue weighted by molar-refractivity contribution is 0.170. The summed E-state index contributed by atoms with van der Waals surface area (Å²) >= 11 is 0. The second-order valence-corrected chi connectivity index (χ2v) is 6.21. The standard InChI is InChI=1S/C16H23N5.ClH/c1-2-13-10-18-19-16(13)14(3-1)11-20-7-4-15(12-20)21-8-5-17-6-9-21;/h1-3,10,15,17H,4-9,11-12H2,(H,18,19);1H. The Labute approximate surface area is 137 Å². The molecule has 3 heterocycles. The van der Waals surface area contributed by atoms with Crippen molar-refractivity contribution in [3.63, 3.8) is 0 Å². The maximum absolute atomic E-state index is 4.17. The maximum atomic E-state index is 4.17. The van der Waals surface area contributed by atoms with Crippen LogP contribution in [0.15, 0.2) is 24.4 Å². The van der Waals surface area contributed by atoms with E-state index >= 15 is 0 Å². The lowest BCUT2D eigenvalue weighted by Gasteiger charge is -2.32. The number of hydrogen-bond acceptors (Lipinski definition) is 4. The van der Waals surface area contributed by atoms with E-state index in [0.29, 0.717) is 0 Å². The van der Waals surface area contributed by atoms with E-state index in [1.807, 2.05) is 6.20 Å². The first kappa shape index (κ1) is 15.7. The van der Waals surface area contributed by atoms with E-state index in [2.05, 4.69) is 43.5 Å². The number of fused-ring (bicyclic) bond motifs is 1. The van der Waals surface area contributed by atoms with Gasteiger partial charge in [0.25, 0.3) is 0 Å². The highest BCUT2D eigenvalue weighted by molar-refractivity contribution is 5.85. The third-order valence-corrected chi connectivity index (χ3v) is 4.87. The first-order valence-corrected chi connectivity index (χ1v) is 7.98. The lowest BCUT2D eigenvalue weighted by atomic mass is 10.1. The van der Waals surface area contributed by atoms with Crippen molar-refractivity contribution in [2.45, 2.75) is 19.0 Å². The number of aromatic nitrogens is 2. The largest absolute Gasteiger partial charge is 0.314 e. The summed E-state index contributed by atoms with van der Waals surface area (Å²) < 4.78 is 0. The molecule has 0 saturated carbocycles. The van der Waals surface area contributed by atoms with Crippen LogP contribution in [-0.2, 0) is 6.54 Å². The molecule has 2 saturated heterocycles. The fourth-order valence-electron chi connectivity index (χ4n) is 3.70. The Balaban J connectivity index is 0.00000144. The highest BCUT2D eigenvalue weighted by Gasteiger charge is 2.28. The number of hydrogen-bond donors (Lipinski definition) is 2. The van der Waals surface area contributed by atoms with Gasteiger partial charge in [0.15, 0.2) is 0 Å². The van der Waals surface area contributed by atoms with Gasteiger partial charge < -0.3 is 5.32 Å². The summed E-state index contributed by atoms with van der Waals surface area (Å²) in [5, 5.41) is 12.0. The Hall–Kier alpha value is -1.14. The summed E-state index contributed by atoms with van der Waals surface area (Å²) in [6.45, 7) is 8.13. The summed E-state index contributed by atoms with van der Waals surface area (Å²) in [6, 6.07) is 7.22. The van der Waals surface area contributed by atoms with Crippen LogP contribution < -0.4 is 5.32 Å². The number of rotatable bonds is 3. The molecule has 0 radical (unpaired) electrons. The van der Waals surface area contributed by atoms with Crippen molar-refractivity contribution < 1.29 is 0 Å². The zero-order valence-corrected chi connectivity index (χ0v) is 13.6. The van der Waals surface area contributed by atoms with E-state index in [9.17, 15) is 0 Å². The predicted molar refractivity (Wildman–Crippen MR) is 91.5 cm³/mol. The van der Waals surface area contributed by atoms with Crippen molar-refractivity contribution in [1.82, 2.24) is 25.3 Å². The second-order valence-electron chi connectivity index (χ2n) is 6.21. The smallest absolute Gasteiger partial charge is 0.0695 e. The maximum Gasteiger partial charge on any atom is 0.0695 e. The van der Waals surface area contributed by atoms with Gasteiger partial charge in [0.05, 0.1) is 11.7 Å². The van der Waals surface area contributed by atoms with Crippen LogP contribution in [0.1, 0.15) is 12.0 Å². The van der Waals surface area contributed by atoms with Crippen molar-refractivity contribution >= 4 is 23.3 Å². The van der Waals surface area contributed by atoms with E-state index in [1.165, 1.54) is 49.1 Å².